The Morgan fingerprint density at radius 1 is 1.00 bits per heavy atom. The largest absolute Gasteiger partial charge is 0.378 e. The van der Waals surface area contributed by atoms with Crippen LogP contribution in [0.1, 0.15) is 33.6 Å². The Balaban J connectivity index is 0.000000648. The van der Waals surface area contributed by atoms with Crippen LogP contribution in [0.3, 0.4) is 0 Å². The van der Waals surface area contributed by atoms with Crippen LogP contribution in [0.2, 0.25) is 0 Å². The number of anilines is 2. The van der Waals surface area contributed by atoms with Crippen LogP contribution in [0.5, 0.6) is 0 Å². The average Bonchev–Trinajstić information content (AvgIpc) is 2.83. The topological polar surface area (TPSA) is 69.4 Å². The van der Waals surface area contributed by atoms with E-state index in [-0.39, 0.29) is 7.43 Å². The summed E-state index contributed by atoms with van der Waals surface area (Å²) >= 11 is 0. The van der Waals surface area contributed by atoms with Crippen LogP contribution in [-0.2, 0) is 4.74 Å². The van der Waals surface area contributed by atoms with E-state index in [2.05, 4.69) is 56.6 Å². The minimum atomic E-state index is 0. The zero-order valence-electron chi connectivity index (χ0n) is 19.2. The normalized spacial score (nSPS) is 13.4. The lowest BCUT2D eigenvalue weighted by atomic mass is 10.2. The molecule has 0 aliphatic carbocycles. The highest BCUT2D eigenvalue weighted by atomic mass is 16.5. The quantitative estimate of drug-likeness (QED) is 0.289. The summed E-state index contributed by atoms with van der Waals surface area (Å²) in [6.45, 7) is 6.11. The van der Waals surface area contributed by atoms with Gasteiger partial charge in [-0.25, -0.2) is 0 Å². The molecule has 1 aliphatic rings. The second-order valence-electron chi connectivity index (χ2n) is 7.24. The second-order valence-corrected chi connectivity index (χ2v) is 7.24. The van der Waals surface area contributed by atoms with E-state index in [1.807, 2.05) is 50.5 Å². The van der Waals surface area contributed by atoms with Crippen LogP contribution in [0.25, 0.3) is 0 Å². The molecular formula is C25H42N6O. The van der Waals surface area contributed by atoms with Crippen LogP contribution in [0.4, 0.5) is 11.4 Å². The number of nitrogens with two attached hydrogens (primary N) is 1. The van der Waals surface area contributed by atoms with Gasteiger partial charge in [-0.05, 0) is 37.2 Å². The van der Waals surface area contributed by atoms with Crippen LogP contribution in [-0.4, -0.2) is 62.8 Å². The molecule has 2 aromatic carbocycles. The summed E-state index contributed by atoms with van der Waals surface area (Å²) in [6, 6.07) is 20.6. The van der Waals surface area contributed by atoms with Crippen molar-refractivity contribution in [1.82, 2.24) is 15.3 Å². The van der Waals surface area contributed by atoms with Gasteiger partial charge in [-0.2, -0.15) is 0 Å². The molecule has 0 unspecified atom stereocenters. The number of unbranched alkanes of at least 4 members (excludes halogenated alkanes) is 2. The molecule has 1 aliphatic heterocycles. The van der Waals surface area contributed by atoms with Crippen LogP contribution in [0.15, 0.2) is 65.8 Å². The van der Waals surface area contributed by atoms with Gasteiger partial charge in [0.15, 0.2) is 0 Å². The van der Waals surface area contributed by atoms with Gasteiger partial charge in [-0.1, -0.05) is 63.6 Å². The Morgan fingerprint density at radius 2 is 1.53 bits per heavy atom. The first-order valence-corrected chi connectivity index (χ1v) is 11.1. The molecular weight excluding hydrogens is 400 g/mol. The Hall–Kier alpha value is -2.77. The van der Waals surface area contributed by atoms with E-state index in [0.717, 1.165) is 37.0 Å². The van der Waals surface area contributed by atoms with Crippen molar-refractivity contribution < 1.29 is 4.74 Å². The standard InChI is InChI=1S/C19H25N5O.C5H13N.CH4/c1-20-21-19(23-13-15-25-16-14-23)22(2)24(17-9-5-3-6-10-17)18-11-7-4-8-12-18;1-2-3-4-5-6;/h3-12,20H,13-16H2,1-2H3;2-6H2,1H3;1H4/b21-19+;;. The van der Waals surface area contributed by atoms with Gasteiger partial charge in [0.05, 0.1) is 24.6 Å². The van der Waals surface area contributed by atoms with Crippen molar-refractivity contribution in [2.45, 2.75) is 33.6 Å². The molecule has 0 aromatic heterocycles. The molecule has 1 fully saturated rings. The minimum Gasteiger partial charge on any atom is -0.378 e. The number of benzene rings is 2. The van der Waals surface area contributed by atoms with Gasteiger partial charge in [0, 0.05) is 27.2 Å². The highest BCUT2D eigenvalue weighted by Gasteiger charge is 2.24. The molecule has 7 nitrogen and oxygen atoms in total. The molecule has 0 saturated carbocycles. The van der Waals surface area contributed by atoms with Gasteiger partial charge in [0.25, 0.3) is 0 Å². The maximum Gasteiger partial charge on any atom is 0.238 e. The van der Waals surface area contributed by atoms with E-state index in [1.54, 1.807) is 0 Å². The molecule has 178 valence electrons. The second kappa shape index (κ2) is 15.9. The molecule has 7 heteroatoms. The maximum absolute atomic E-state index is 5.49. The number of nitrogens with zero attached hydrogens (tertiary/aromatic N) is 4. The van der Waals surface area contributed by atoms with Gasteiger partial charge in [-0.3, -0.25) is 10.0 Å². The monoisotopic (exact) mass is 442 g/mol. The van der Waals surface area contributed by atoms with E-state index >= 15 is 0 Å². The number of hydrazine groups is 1. The summed E-state index contributed by atoms with van der Waals surface area (Å²) in [4.78, 5) is 2.24. The number of morpholine rings is 1. The molecule has 0 radical (unpaired) electrons. The fourth-order valence-electron chi connectivity index (χ4n) is 3.33. The number of para-hydroxylation sites is 2. The molecule has 3 N–H and O–H groups in total. The fourth-order valence-corrected chi connectivity index (χ4v) is 3.33. The van der Waals surface area contributed by atoms with Crippen LogP contribution >= 0.6 is 0 Å². The number of ether oxygens (including phenoxy) is 1. The first kappa shape index (κ1) is 27.3. The molecule has 1 saturated heterocycles. The number of rotatable bonds is 7. The number of guanidine groups is 1. The lowest BCUT2D eigenvalue weighted by Gasteiger charge is -2.40. The smallest absolute Gasteiger partial charge is 0.238 e. The third kappa shape index (κ3) is 8.40. The zero-order chi connectivity index (χ0) is 22.3. The van der Waals surface area contributed by atoms with Gasteiger partial charge in [-0.15, -0.1) is 5.10 Å². The first-order valence-electron chi connectivity index (χ1n) is 11.1. The molecule has 0 bridgehead atoms. The van der Waals surface area contributed by atoms with Crippen LogP contribution < -0.4 is 16.2 Å². The van der Waals surface area contributed by atoms with E-state index in [1.165, 1.54) is 19.3 Å². The molecule has 0 amide bonds. The van der Waals surface area contributed by atoms with Crippen molar-refractivity contribution in [3.8, 4) is 0 Å². The minimum absolute atomic E-state index is 0. The van der Waals surface area contributed by atoms with E-state index < -0.39 is 0 Å². The Kier molecular flexibility index (Phi) is 13.6. The number of hydrogen-bond acceptors (Lipinski definition) is 5. The number of hydrazone groups is 1. The third-order valence-corrected chi connectivity index (χ3v) is 4.90. The Labute approximate surface area is 194 Å². The predicted molar refractivity (Wildman–Crippen MR) is 137 cm³/mol. The van der Waals surface area contributed by atoms with Crippen molar-refractivity contribution in [3.05, 3.63) is 60.7 Å². The van der Waals surface area contributed by atoms with Gasteiger partial charge < -0.3 is 20.8 Å². The van der Waals surface area contributed by atoms with Crippen LogP contribution in [0, 0.1) is 0 Å². The third-order valence-electron chi connectivity index (χ3n) is 4.90. The summed E-state index contributed by atoms with van der Waals surface area (Å²) in [5.74, 6) is 0.860. The maximum atomic E-state index is 5.49. The van der Waals surface area contributed by atoms with Crippen molar-refractivity contribution in [3.63, 3.8) is 0 Å². The van der Waals surface area contributed by atoms with Gasteiger partial charge in [0.2, 0.25) is 5.96 Å². The molecule has 0 atom stereocenters. The summed E-state index contributed by atoms with van der Waals surface area (Å²) in [5, 5.41) is 8.78. The molecule has 2 aromatic rings. The lowest BCUT2D eigenvalue weighted by Crippen LogP contribution is -2.53. The summed E-state index contributed by atoms with van der Waals surface area (Å²) in [5.41, 5.74) is 10.3. The molecule has 1 heterocycles. The highest BCUT2D eigenvalue weighted by Crippen LogP contribution is 2.27. The SMILES string of the molecule is C.CCCCCN.CN/N=C(/N1CCOCC1)N(C)N(c1ccccc1)c1ccccc1. The van der Waals surface area contributed by atoms with Crippen molar-refractivity contribution in [1.29, 1.82) is 0 Å². The Bertz CT molecular complexity index is 691. The van der Waals surface area contributed by atoms with E-state index in [4.69, 9.17) is 10.5 Å². The van der Waals surface area contributed by atoms with Gasteiger partial charge in [0.1, 0.15) is 0 Å². The summed E-state index contributed by atoms with van der Waals surface area (Å²) in [7, 11) is 3.86. The number of hydrogen-bond donors (Lipinski definition) is 2. The summed E-state index contributed by atoms with van der Waals surface area (Å²) < 4.78 is 5.49. The zero-order valence-corrected chi connectivity index (χ0v) is 19.2. The average molecular weight is 443 g/mol. The molecule has 32 heavy (non-hydrogen) atoms. The van der Waals surface area contributed by atoms with Crippen molar-refractivity contribution >= 4 is 17.3 Å². The highest BCUT2D eigenvalue weighted by molar-refractivity contribution is 5.83. The van der Waals surface area contributed by atoms with E-state index in [0.29, 0.717) is 13.2 Å². The van der Waals surface area contributed by atoms with E-state index in [9.17, 15) is 0 Å². The van der Waals surface area contributed by atoms with Crippen molar-refractivity contribution in [2.75, 3.05) is 52.0 Å². The predicted octanol–water partition coefficient (Wildman–Crippen LogP) is 4.27. The lowest BCUT2D eigenvalue weighted by molar-refractivity contribution is 0.0627. The van der Waals surface area contributed by atoms with Gasteiger partial charge >= 0.3 is 0 Å². The molecule has 3 rings (SSSR count). The Morgan fingerprint density at radius 3 is 1.94 bits per heavy atom. The van der Waals surface area contributed by atoms with Crippen molar-refractivity contribution in [2.24, 2.45) is 10.8 Å². The molecule has 0 spiro atoms. The first-order chi connectivity index (χ1) is 15.2. The fraction of sp³-hybridized carbons (Fsp3) is 0.480. The summed E-state index contributed by atoms with van der Waals surface area (Å²) in [6.07, 6.45) is 3.75. The number of nitrogens with one attached hydrogen (secondary N) is 1.